The molecular formula is C10H10N2O5. The highest BCUT2D eigenvalue weighted by molar-refractivity contribution is 5.96. The Hall–Kier alpha value is -2.44. The molecule has 1 amide bonds. The van der Waals surface area contributed by atoms with E-state index in [1.807, 2.05) is 0 Å². The minimum Gasteiger partial charge on any atom is -0.478 e. The number of carboxylic acid groups (broad SMARTS) is 1. The van der Waals surface area contributed by atoms with Crippen molar-refractivity contribution < 1.29 is 19.6 Å². The maximum absolute atomic E-state index is 10.9. The van der Waals surface area contributed by atoms with Crippen LogP contribution in [-0.2, 0) is 4.79 Å². The fourth-order valence-electron chi connectivity index (χ4n) is 1.35. The number of nitro benzene ring substituents is 1. The first kappa shape index (κ1) is 12.6. The summed E-state index contributed by atoms with van der Waals surface area (Å²) in [5.74, 6) is -1.71. The van der Waals surface area contributed by atoms with E-state index in [0.29, 0.717) is 0 Å². The van der Waals surface area contributed by atoms with Crippen molar-refractivity contribution in [2.45, 2.75) is 13.8 Å². The van der Waals surface area contributed by atoms with Crippen LogP contribution < -0.4 is 5.32 Å². The first-order valence-corrected chi connectivity index (χ1v) is 4.63. The lowest BCUT2D eigenvalue weighted by atomic mass is 10.1. The molecule has 7 nitrogen and oxygen atoms in total. The van der Waals surface area contributed by atoms with Gasteiger partial charge < -0.3 is 10.4 Å². The molecule has 0 aliphatic heterocycles. The van der Waals surface area contributed by atoms with Gasteiger partial charge in [0.15, 0.2) is 0 Å². The zero-order valence-electron chi connectivity index (χ0n) is 9.18. The monoisotopic (exact) mass is 238 g/mol. The molecule has 0 aromatic heterocycles. The molecule has 0 aliphatic rings. The summed E-state index contributed by atoms with van der Waals surface area (Å²) in [6.07, 6.45) is 0. The van der Waals surface area contributed by atoms with E-state index in [9.17, 15) is 19.7 Å². The highest BCUT2D eigenvalue weighted by atomic mass is 16.6. The van der Waals surface area contributed by atoms with Gasteiger partial charge in [0.2, 0.25) is 5.91 Å². The number of benzene rings is 1. The number of carbonyl (C=O) groups excluding carboxylic acids is 1. The van der Waals surface area contributed by atoms with E-state index in [1.165, 1.54) is 13.8 Å². The second-order valence-corrected chi connectivity index (χ2v) is 3.41. The number of aromatic carboxylic acids is 1. The van der Waals surface area contributed by atoms with Gasteiger partial charge in [-0.25, -0.2) is 4.79 Å². The lowest BCUT2D eigenvalue weighted by Crippen LogP contribution is -2.10. The average molecular weight is 238 g/mol. The summed E-state index contributed by atoms with van der Waals surface area (Å²) >= 11 is 0. The molecule has 0 aliphatic carbocycles. The maximum Gasteiger partial charge on any atom is 0.336 e. The molecule has 0 bridgehead atoms. The summed E-state index contributed by atoms with van der Waals surface area (Å²) < 4.78 is 0. The fraction of sp³-hybridized carbons (Fsp3) is 0.200. The first-order chi connectivity index (χ1) is 7.82. The summed E-state index contributed by atoms with van der Waals surface area (Å²) in [4.78, 5) is 31.7. The molecule has 0 unspecified atom stereocenters. The van der Waals surface area contributed by atoms with E-state index in [-0.39, 0.29) is 22.5 Å². The van der Waals surface area contributed by atoms with E-state index in [0.717, 1.165) is 12.1 Å². The van der Waals surface area contributed by atoms with Crippen molar-refractivity contribution in [2.24, 2.45) is 0 Å². The van der Waals surface area contributed by atoms with Crippen LogP contribution in [0.2, 0.25) is 0 Å². The molecule has 0 saturated carbocycles. The number of anilines is 1. The van der Waals surface area contributed by atoms with Gasteiger partial charge in [0.1, 0.15) is 0 Å². The van der Waals surface area contributed by atoms with Crippen LogP contribution in [0.3, 0.4) is 0 Å². The Morgan fingerprint density at radius 2 is 2.00 bits per heavy atom. The Balaban J connectivity index is 3.42. The van der Waals surface area contributed by atoms with Gasteiger partial charge in [-0.1, -0.05) is 0 Å². The highest BCUT2D eigenvalue weighted by Gasteiger charge is 2.18. The second kappa shape index (κ2) is 4.60. The van der Waals surface area contributed by atoms with Crippen molar-refractivity contribution in [3.05, 3.63) is 33.4 Å². The van der Waals surface area contributed by atoms with Gasteiger partial charge in [-0.2, -0.15) is 0 Å². The lowest BCUT2D eigenvalue weighted by molar-refractivity contribution is -0.384. The number of carboxylic acids is 1. The van der Waals surface area contributed by atoms with Gasteiger partial charge in [0.05, 0.1) is 16.2 Å². The molecule has 1 rings (SSSR count). The highest BCUT2D eigenvalue weighted by Crippen LogP contribution is 2.26. The molecule has 1 aromatic carbocycles. The van der Waals surface area contributed by atoms with E-state index in [4.69, 9.17) is 5.11 Å². The Labute approximate surface area is 96.2 Å². The molecule has 0 heterocycles. The van der Waals surface area contributed by atoms with Gasteiger partial charge in [-0.05, 0) is 12.5 Å². The average Bonchev–Trinajstić information content (AvgIpc) is 2.19. The Morgan fingerprint density at radius 1 is 1.41 bits per heavy atom. The number of non-ortho nitro benzene ring substituents is 1. The van der Waals surface area contributed by atoms with Crippen molar-refractivity contribution in [3.63, 3.8) is 0 Å². The smallest absolute Gasteiger partial charge is 0.336 e. The predicted molar refractivity (Wildman–Crippen MR) is 59.1 cm³/mol. The van der Waals surface area contributed by atoms with Gasteiger partial charge in [0.25, 0.3) is 5.69 Å². The minimum absolute atomic E-state index is 0.129. The summed E-state index contributed by atoms with van der Waals surface area (Å²) in [6.45, 7) is 2.71. The molecule has 17 heavy (non-hydrogen) atoms. The molecule has 7 heteroatoms. The van der Waals surface area contributed by atoms with E-state index in [2.05, 4.69) is 5.32 Å². The van der Waals surface area contributed by atoms with Crippen LogP contribution in [0.25, 0.3) is 0 Å². The SMILES string of the molecule is CC(=O)Nc1cc([N+](=O)[O-])cc(C(=O)O)c1C. The van der Waals surface area contributed by atoms with Gasteiger partial charge >= 0.3 is 5.97 Å². The molecule has 0 fully saturated rings. The summed E-state index contributed by atoms with van der Waals surface area (Å²) in [5.41, 5.74) is -0.179. The van der Waals surface area contributed by atoms with Gasteiger partial charge in [-0.3, -0.25) is 14.9 Å². The van der Waals surface area contributed by atoms with E-state index in [1.54, 1.807) is 0 Å². The van der Waals surface area contributed by atoms with Gasteiger partial charge in [-0.15, -0.1) is 0 Å². The van der Waals surface area contributed by atoms with Crippen LogP contribution in [0.4, 0.5) is 11.4 Å². The van der Waals surface area contributed by atoms with E-state index >= 15 is 0 Å². The van der Waals surface area contributed by atoms with Crippen LogP contribution in [-0.4, -0.2) is 21.9 Å². The summed E-state index contributed by atoms with van der Waals surface area (Å²) in [5, 5.41) is 21.9. The Bertz CT molecular complexity index is 510. The number of nitrogens with zero attached hydrogens (tertiary/aromatic N) is 1. The number of rotatable bonds is 3. The van der Waals surface area contributed by atoms with Crippen LogP contribution in [0, 0.1) is 17.0 Å². The molecule has 0 spiro atoms. The number of hydrogen-bond donors (Lipinski definition) is 2. The molecule has 2 N–H and O–H groups in total. The standard InChI is InChI=1S/C10H10N2O5/c1-5-8(10(14)15)3-7(12(16)17)4-9(5)11-6(2)13/h3-4H,1-2H3,(H,11,13)(H,14,15). The zero-order valence-corrected chi connectivity index (χ0v) is 9.18. The molecule has 0 radical (unpaired) electrons. The van der Waals surface area contributed by atoms with Crippen LogP contribution >= 0.6 is 0 Å². The maximum atomic E-state index is 10.9. The molecule has 1 aromatic rings. The van der Waals surface area contributed by atoms with Crippen molar-refractivity contribution >= 4 is 23.3 Å². The number of carbonyl (C=O) groups is 2. The topological polar surface area (TPSA) is 110 Å². The minimum atomic E-state index is -1.28. The Morgan fingerprint density at radius 3 is 2.41 bits per heavy atom. The third-order valence-corrected chi connectivity index (χ3v) is 2.14. The molecule has 90 valence electrons. The third-order valence-electron chi connectivity index (χ3n) is 2.14. The van der Waals surface area contributed by atoms with Crippen molar-refractivity contribution in [1.82, 2.24) is 0 Å². The number of nitrogens with one attached hydrogen (secondary N) is 1. The quantitative estimate of drug-likeness (QED) is 0.613. The van der Waals surface area contributed by atoms with E-state index < -0.39 is 16.8 Å². The van der Waals surface area contributed by atoms with Crippen LogP contribution in [0.15, 0.2) is 12.1 Å². The molecule has 0 saturated heterocycles. The van der Waals surface area contributed by atoms with Crippen molar-refractivity contribution in [1.29, 1.82) is 0 Å². The van der Waals surface area contributed by atoms with Crippen molar-refractivity contribution in [3.8, 4) is 0 Å². The van der Waals surface area contributed by atoms with Crippen LogP contribution in [0.1, 0.15) is 22.8 Å². The number of hydrogen-bond acceptors (Lipinski definition) is 4. The van der Waals surface area contributed by atoms with Gasteiger partial charge in [0, 0.05) is 19.1 Å². The third kappa shape index (κ3) is 2.77. The van der Waals surface area contributed by atoms with Crippen LogP contribution in [0.5, 0.6) is 0 Å². The summed E-state index contributed by atoms with van der Waals surface area (Å²) in [7, 11) is 0. The van der Waals surface area contributed by atoms with Crippen molar-refractivity contribution in [2.75, 3.05) is 5.32 Å². The number of amides is 1. The second-order valence-electron chi connectivity index (χ2n) is 3.41. The number of nitro groups is 1. The normalized spacial score (nSPS) is 9.76. The zero-order chi connectivity index (χ0) is 13.2. The predicted octanol–water partition coefficient (Wildman–Crippen LogP) is 1.56. The largest absolute Gasteiger partial charge is 0.478 e. The molecule has 0 atom stereocenters. The Kier molecular flexibility index (Phi) is 3.42. The summed E-state index contributed by atoms with van der Waals surface area (Å²) in [6, 6.07) is 2.09. The lowest BCUT2D eigenvalue weighted by Gasteiger charge is -2.08. The molecular weight excluding hydrogens is 228 g/mol. The first-order valence-electron chi connectivity index (χ1n) is 4.63. The fourth-order valence-corrected chi connectivity index (χ4v) is 1.35.